The van der Waals surface area contributed by atoms with Crippen LogP contribution in [0, 0.1) is 22.7 Å². The lowest BCUT2D eigenvalue weighted by atomic mass is 9.88. The van der Waals surface area contributed by atoms with E-state index in [1.54, 1.807) is 18.2 Å². The second kappa shape index (κ2) is 8.82. The number of aromatic nitrogens is 2. The fourth-order valence-electron chi connectivity index (χ4n) is 4.84. The molecule has 5 aromatic rings. The number of hydrogen-bond acceptors (Lipinski definition) is 4. The highest BCUT2D eigenvalue weighted by Crippen LogP contribution is 2.38. The number of nitrogens with zero attached hydrogens (tertiary/aromatic N) is 3. The number of H-pyrrole nitrogens is 1. The van der Waals surface area contributed by atoms with Gasteiger partial charge in [0.1, 0.15) is 5.82 Å². The maximum absolute atomic E-state index is 10.9. The Morgan fingerprint density at radius 2 is 1.57 bits per heavy atom. The Labute approximate surface area is 211 Å². The largest absolute Gasteiger partial charge is 0.390 e. The van der Waals surface area contributed by atoms with Crippen molar-refractivity contribution in [2.75, 3.05) is 0 Å². The number of rotatable bonds is 5. The molecule has 0 radical (unpaired) electrons. The van der Waals surface area contributed by atoms with Crippen LogP contribution in [0.15, 0.2) is 59.1 Å². The zero-order chi connectivity index (χ0) is 24.7. The molecule has 0 spiro atoms. The lowest BCUT2D eigenvalue weighted by Gasteiger charge is -2.25. The molecule has 0 atom stereocenters. The summed E-state index contributed by atoms with van der Waals surface area (Å²) in [4.78, 5) is 8.33. The van der Waals surface area contributed by atoms with Crippen LogP contribution in [0.5, 0.6) is 0 Å². The van der Waals surface area contributed by atoms with Crippen LogP contribution in [-0.4, -0.2) is 20.7 Å². The van der Waals surface area contributed by atoms with Crippen molar-refractivity contribution in [2.45, 2.75) is 38.7 Å². The molecule has 1 aromatic heterocycles. The smallest absolute Gasteiger partial charge is 0.141 e. The number of imidazole rings is 1. The van der Waals surface area contributed by atoms with Gasteiger partial charge < -0.3 is 10.1 Å². The number of nitrogens with one attached hydrogen (secondary N) is 1. The Kier molecular flexibility index (Phi) is 5.81. The third-order valence-corrected chi connectivity index (χ3v) is 7.47. The predicted octanol–water partition coefficient (Wildman–Crippen LogP) is 7.14. The molecule has 0 bridgehead atoms. The van der Waals surface area contributed by atoms with E-state index in [1.807, 2.05) is 26.0 Å². The van der Waals surface area contributed by atoms with Crippen molar-refractivity contribution in [1.29, 1.82) is 10.5 Å². The molecule has 2 N–H and O–H groups in total. The van der Waals surface area contributed by atoms with Crippen molar-refractivity contribution in [1.82, 2.24) is 9.97 Å². The van der Waals surface area contributed by atoms with Gasteiger partial charge in [0.05, 0.1) is 45.5 Å². The van der Waals surface area contributed by atoms with Crippen LogP contribution in [0.25, 0.3) is 44.0 Å². The highest BCUT2D eigenvalue weighted by molar-refractivity contribution is 9.10. The molecule has 35 heavy (non-hydrogen) atoms. The van der Waals surface area contributed by atoms with Crippen molar-refractivity contribution >= 4 is 48.5 Å². The summed E-state index contributed by atoms with van der Waals surface area (Å²) < 4.78 is 0.965. The van der Waals surface area contributed by atoms with E-state index in [2.05, 4.69) is 57.3 Å². The molecule has 4 aromatic carbocycles. The van der Waals surface area contributed by atoms with Crippen LogP contribution in [-0.2, 0) is 6.42 Å². The summed E-state index contributed by atoms with van der Waals surface area (Å²) >= 11 is 3.61. The van der Waals surface area contributed by atoms with Crippen molar-refractivity contribution in [3.8, 4) is 23.5 Å². The summed E-state index contributed by atoms with van der Waals surface area (Å²) in [7, 11) is 0. The maximum Gasteiger partial charge on any atom is 0.141 e. The second-order valence-corrected chi connectivity index (χ2v) is 9.85. The molecule has 0 fully saturated rings. The first kappa shape index (κ1) is 23.1. The van der Waals surface area contributed by atoms with E-state index < -0.39 is 5.60 Å². The van der Waals surface area contributed by atoms with E-state index in [9.17, 15) is 15.6 Å². The Hall–Kier alpha value is -3.71. The number of aromatic amines is 1. The first-order valence-electron chi connectivity index (χ1n) is 11.6. The lowest BCUT2D eigenvalue weighted by Crippen LogP contribution is -2.29. The minimum atomic E-state index is -0.732. The molecule has 6 heteroatoms. The van der Waals surface area contributed by atoms with E-state index in [4.69, 9.17) is 4.98 Å². The molecule has 0 aliphatic heterocycles. The van der Waals surface area contributed by atoms with Crippen LogP contribution in [0.2, 0.25) is 0 Å². The van der Waals surface area contributed by atoms with Crippen LogP contribution >= 0.6 is 15.9 Å². The zero-order valence-corrected chi connectivity index (χ0v) is 21.1. The number of benzene rings is 4. The van der Waals surface area contributed by atoms with Crippen LogP contribution in [0.1, 0.15) is 43.4 Å². The topological polar surface area (TPSA) is 96.5 Å². The van der Waals surface area contributed by atoms with E-state index in [0.29, 0.717) is 41.8 Å². The second-order valence-electron chi connectivity index (χ2n) is 8.94. The van der Waals surface area contributed by atoms with Gasteiger partial charge in [0.15, 0.2) is 0 Å². The van der Waals surface area contributed by atoms with Gasteiger partial charge in [-0.25, -0.2) is 4.98 Å². The maximum atomic E-state index is 10.9. The normalized spacial score (nSPS) is 11.7. The molecule has 0 saturated heterocycles. The highest BCUT2D eigenvalue weighted by Gasteiger charge is 2.23. The highest BCUT2D eigenvalue weighted by atomic mass is 79.9. The lowest BCUT2D eigenvalue weighted by molar-refractivity contribution is 0.0327. The van der Waals surface area contributed by atoms with E-state index in [-0.39, 0.29) is 0 Å². The van der Waals surface area contributed by atoms with Crippen molar-refractivity contribution in [2.24, 2.45) is 0 Å². The average Bonchev–Trinajstić information content (AvgIpc) is 3.33. The predicted molar refractivity (Wildman–Crippen MR) is 143 cm³/mol. The van der Waals surface area contributed by atoms with Gasteiger partial charge in [-0.05, 0) is 53.4 Å². The molecule has 1 heterocycles. The Morgan fingerprint density at radius 3 is 2.23 bits per heavy atom. The van der Waals surface area contributed by atoms with Gasteiger partial charge in [0, 0.05) is 21.7 Å². The quantitative estimate of drug-likeness (QED) is 0.240. The molecule has 0 saturated carbocycles. The number of halogens is 1. The fourth-order valence-corrected chi connectivity index (χ4v) is 5.20. The zero-order valence-electron chi connectivity index (χ0n) is 19.5. The SMILES string of the molecule is CCC(O)(CC)Cc1ccc2c(c1)c1cc(Br)ccc1c1nc(-c3c(C#N)cccc3C#N)[nH]c21. The summed E-state index contributed by atoms with van der Waals surface area (Å²) in [6, 6.07) is 21.9. The minimum Gasteiger partial charge on any atom is -0.390 e. The summed E-state index contributed by atoms with van der Waals surface area (Å²) in [6.45, 7) is 4.03. The fraction of sp³-hybridized carbons (Fsp3) is 0.207. The van der Waals surface area contributed by atoms with Gasteiger partial charge in [0.25, 0.3) is 0 Å². The van der Waals surface area contributed by atoms with Gasteiger partial charge in [-0.2, -0.15) is 10.5 Å². The average molecular weight is 523 g/mol. The number of hydrogen-bond donors (Lipinski definition) is 2. The van der Waals surface area contributed by atoms with Crippen molar-refractivity contribution in [3.05, 3.63) is 75.8 Å². The van der Waals surface area contributed by atoms with E-state index in [0.717, 1.165) is 42.6 Å². The molecule has 172 valence electrons. The number of aliphatic hydroxyl groups is 1. The van der Waals surface area contributed by atoms with Crippen molar-refractivity contribution in [3.63, 3.8) is 0 Å². The first-order chi connectivity index (χ1) is 16.9. The Bertz CT molecular complexity index is 1670. The molecule has 5 rings (SSSR count). The third kappa shape index (κ3) is 3.86. The molecule has 0 aliphatic carbocycles. The van der Waals surface area contributed by atoms with Gasteiger partial charge in [-0.1, -0.05) is 60.1 Å². The molecular formula is C29H23BrN4O. The van der Waals surface area contributed by atoms with Crippen LogP contribution < -0.4 is 0 Å². The molecule has 0 aliphatic rings. The van der Waals surface area contributed by atoms with Crippen LogP contribution in [0.3, 0.4) is 0 Å². The molecule has 5 nitrogen and oxygen atoms in total. The van der Waals surface area contributed by atoms with Crippen LogP contribution in [0.4, 0.5) is 0 Å². The Balaban J connectivity index is 1.84. The minimum absolute atomic E-state index is 0.403. The summed E-state index contributed by atoms with van der Waals surface area (Å²) in [5.74, 6) is 0.501. The molecular weight excluding hydrogens is 500 g/mol. The number of fused-ring (bicyclic) bond motifs is 6. The Morgan fingerprint density at radius 1 is 0.914 bits per heavy atom. The molecule has 0 unspecified atom stereocenters. The van der Waals surface area contributed by atoms with E-state index >= 15 is 0 Å². The standard InChI is InChI=1S/C29H23BrN4O/c1-3-29(35,4-2)14-17-8-10-21-23(12-17)24-13-20(30)9-11-22(24)27-26(21)33-28(34-27)25-18(15-31)6-5-7-19(25)16-32/h5-13,35H,3-4,14H2,1-2H3,(H,33,34). The van der Waals surface area contributed by atoms with Gasteiger partial charge in [-0.3, -0.25) is 0 Å². The monoisotopic (exact) mass is 522 g/mol. The molecule has 0 amide bonds. The van der Waals surface area contributed by atoms with Gasteiger partial charge >= 0.3 is 0 Å². The third-order valence-electron chi connectivity index (χ3n) is 6.98. The van der Waals surface area contributed by atoms with E-state index in [1.165, 1.54) is 0 Å². The first-order valence-corrected chi connectivity index (χ1v) is 12.4. The summed E-state index contributed by atoms with van der Waals surface area (Å²) in [5.41, 5.74) is 3.31. The van der Waals surface area contributed by atoms with Crippen molar-refractivity contribution < 1.29 is 5.11 Å². The number of nitriles is 2. The van der Waals surface area contributed by atoms with Gasteiger partial charge in [-0.15, -0.1) is 0 Å². The summed E-state index contributed by atoms with van der Waals surface area (Å²) in [6.07, 6.45) is 1.96. The summed E-state index contributed by atoms with van der Waals surface area (Å²) in [5, 5.41) is 34.4. The van der Waals surface area contributed by atoms with Gasteiger partial charge in [0.2, 0.25) is 0 Å².